The Kier molecular flexibility index (Phi) is 8.45. The van der Waals surface area contributed by atoms with Crippen LogP contribution < -0.4 is 10.1 Å². The van der Waals surface area contributed by atoms with Crippen molar-refractivity contribution in [3.8, 4) is 5.75 Å². The van der Waals surface area contributed by atoms with Crippen LogP contribution in [0.3, 0.4) is 0 Å². The zero-order valence-corrected chi connectivity index (χ0v) is 14.9. The minimum atomic E-state index is -0.640. The first kappa shape index (κ1) is 19.8. The van der Waals surface area contributed by atoms with E-state index in [4.69, 9.17) is 9.47 Å². The number of para-hydroxylation sites is 1. The van der Waals surface area contributed by atoms with Crippen molar-refractivity contribution in [2.45, 2.75) is 32.1 Å². The maximum atomic E-state index is 12.1. The van der Waals surface area contributed by atoms with Gasteiger partial charge in [-0.3, -0.25) is 14.4 Å². The minimum Gasteiger partial charge on any atom is -0.484 e. The number of carbonyl (C=O) groups is 3. The van der Waals surface area contributed by atoms with Gasteiger partial charge in [0.1, 0.15) is 12.3 Å². The molecular weight excluding hydrogens is 336 g/mol. The van der Waals surface area contributed by atoms with Crippen LogP contribution in [0.5, 0.6) is 5.75 Å². The second-order valence-electron chi connectivity index (χ2n) is 6.19. The van der Waals surface area contributed by atoms with E-state index in [1.807, 2.05) is 6.07 Å². The molecule has 1 aromatic rings. The largest absolute Gasteiger partial charge is 0.484 e. The molecule has 1 aliphatic rings. The number of esters is 1. The van der Waals surface area contributed by atoms with Crippen molar-refractivity contribution in [1.29, 1.82) is 0 Å². The van der Waals surface area contributed by atoms with Crippen molar-refractivity contribution in [3.63, 3.8) is 0 Å². The highest BCUT2D eigenvalue weighted by Gasteiger charge is 2.17. The molecule has 1 heterocycles. The number of nitrogens with one attached hydrogen (secondary N) is 1. The molecule has 2 rings (SSSR count). The summed E-state index contributed by atoms with van der Waals surface area (Å²) in [7, 11) is 0. The van der Waals surface area contributed by atoms with E-state index < -0.39 is 11.9 Å². The molecule has 1 saturated heterocycles. The Morgan fingerprint density at radius 1 is 0.923 bits per heavy atom. The van der Waals surface area contributed by atoms with Gasteiger partial charge < -0.3 is 19.7 Å². The summed E-state index contributed by atoms with van der Waals surface area (Å²) in [5.41, 5.74) is 0. The van der Waals surface area contributed by atoms with Gasteiger partial charge in [-0.25, -0.2) is 0 Å². The highest BCUT2D eigenvalue weighted by atomic mass is 16.5. The molecule has 7 heteroatoms. The van der Waals surface area contributed by atoms with Crippen molar-refractivity contribution < 1.29 is 23.9 Å². The average Bonchev–Trinajstić information content (AvgIpc) is 2.63. The third kappa shape index (κ3) is 7.55. The Hall–Kier alpha value is -2.57. The number of rotatable bonds is 7. The fourth-order valence-electron chi connectivity index (χ4n) is 2.67. The second kappa shape index (κ2) is 11.1. The quantitative estimate of drug-likeness (QED) is 0.744. The normalized spacial score (nSPS) is 14.7. The zero-order valence-electron chi connectivity index (χ0n) is 14.9. The molecule has 0 atom stereocenters. The number of hydrogen-bond donors (Lipinski definition) is 1. The van der Waals surface area contributed by atoms with Crippen molar-refractivity contribution in [2.24, 2.45) is 0 Å². The van der Waals surface area contributed by atoms with Crippen LogP contribution in [0.2, 0.25) is 0 Å². The third-order valence-electron chi connectivity index (χ3n) is 4.11. The zero-order chi connectivity index (χ0) is 18.6. The Balaban J connectivity index is 1.60. The number of hydrogen-bond acceptors (Lipinski definition) is 5. The number of amides is 2. The van der Waals surface area contributed by atoms with Gasteiger partial charge in [-0.15, -0.1) is 0 Å². The SMILES string of the molecule is O=C(COc1ccccc1)NCC(=O)OCC(=O)N1CCCCCCC1. The molecule has 0 bridgehead atoms. The number of likely N-dealkylation sites (tertiary alicyclic amines) is 1. The summed E-state index contributed by atoms with van der Waals surface area (Å²) in [6.07, 6.45) is 5.43. The first-order valence-corrected chi connectivity index (χ1v) is 9.03. The number of ether oxygens (including phenoxy) is 2. The van der Waals surface area contributed by atoms with Crippen LogP contribution in [-0.2, 0) is 19.1 Å². The fourth-order valence-corrected chi connectivity index (χ4v) is 2.67. The van der Waals surface area contributed by atoms with E-state index in [0.29, 0.717) is 18.8 Å². The standard InChI is InChI=1S/C19H26N2O5/c22-17(14-25-16-9-5-4-6-10-16)20-13-19(24)26-15-18(23)21-11-7-2-1-3-8-12-21/h4-6,9-10H,1-3,7-8,11-15H2,(H,20,22). The molecule has 7 nitrogen and oxygen atoms in total. The first-order valence-electron chi connectivity index (χ1n) is 9.03. The Morgan fingerprint density at radius 2 is 1.58 bits per heavy atom. The molecule has 1 fully saturated rings. The number of nitrogens with zero attached hydrogens (tertiary/aromatic N) is 1. The minimum absolute atomic E-state index is 0.181. The second-order valence-corrected chi connectivity index (χ2v) is 6.19. The Morgan fingerprint density at radius 3 is 2.27 bits per heavy atom. The van der Waals surface area contributed by atoms with E-state index in [0.717, 1.165) is 25.7 Å². The number of benzene rings is 1. The predicted octanol–water partition coefficient (Wildman–Crippen LogP) is 1.52. The highest BCUT2D eigenvalue weighted by Crippen LogP contribution is 2.10. The van der Waals surface area contributed by atoms with E-state index in [-0.39, 0.29) is 25.7 Å². The fraction of sp³-hybridized carbons (Fsp3) is 0.526. The molecule has 142 valence electrons. The van der Waals surface area contributed by atoms with Gasteiger partial charge in [0, 0.05) is 13.1 Å². The molecule has 0 aliphatic carbocycles. The van der Waals surface area contributed by atoms with Crippen molar-refractivity contribution >= 4 is 17.8 Å². The van der Waals surface area contributed by atoms with Gasteiger partial charge in [0.15, 0.2) is 13.2 Å². The van der Waals surface area contributed by atoms with Crippen LogP contribution in [0, 0.1) is 0 Å². The molecule has 0 unspecified atom stereocenters. The topological polar surface area (TPSA) is 84.9 Å². The van der Waals surface area contributed by atoms with Gasteiger partial charge in [0.25, 0.3) is 11.8 Å². The first-order chi connectivity index (χ1) is 12.6. The Bertz CT molecular complexity index is 583. The number of carbonyl (C=O) groups excluding carboxylic acids is 3. The van der Waals surface area contributed by atoms with Gasteiger partial charge in [-0.05, 0) is 25.0 Å². The van der Waals surface area contributed by atoms with E-state index >= 15 is 0 Å². The van der Waals surface area contributed by atoms with Gasteiger partial charge in [-0.2, -0.15) is 0 Å². The van der Waals surface area contributed by atoms with Crippen LogP contribution in [-0.4, -0.2) is 55.5 Å². The summed E-state index contributed by atoms with van der Waals surface area (Å²) in [4.78, 5) is 37.2. The monoisotopic (exact) mass is 362 g/mol. The molecule has 0 saturated carbocycles. The third-order valence-corrected chi connectivity index (χ3v) is 4.11. The van der Waals surface area contributed by atoms with Crippen molar-refractivity contribution in [1.82, 2.24) is 10.2 Å². The van der Waals surface area contributed by atoms with E-state index in [1.165, 1.54) is 6.42 Å². The highest BCUT2D eigenvalue weighted by molar-refractivity contribution is 5.84. The maximum absolute atomic E-state index is 12.1. The van der Waals surface area contributed by atoms with Crippen LogP contribution in [0.1, 0.15) is 32.1 Å². The van der Waals surface area contributed by atoms with Crippen LogP contribution in [0.4, 0.5) is 0 Å². The van der Waals surface area contributed by atoms with Crippen LogP contribution >= 0.6 is 0 Å². The molecule has 2 amide bonds. The van der Waals surface area contributed by atoms with Gasteiger partial charge >= 0.3 is 5.97 Å². The smallest absolute Gasteiger partial charge is 0.325 e. The molecular formula is C19H26N2O5. The molecule has 0 radical (unpaired) electrons. The van der Waals surface area contributed by atoms with Crippen molar-refractivity contribution in [2.75, 3.05) is 32.8 Å². The predicted molar refractivity (Wildman–Crippen MR) is 95.6 cm³/mol. The summed E-state index contributed by atoms with van der Waals surface area (Å²) in [5.74, 6) is -0.678. The average molecular weight is 362 g/mol. The lowest BCUT2D eigenvalue weighted by molar-refractivity contribution is -0.152. The van der Waals surface area contributed by atoms with Gasteiger partial charge in [0.2, 0.25) is 0 Å². The summed E-state index contributed by atoms with van der Waals surface area (Å²) >= 11 is 0. The maximum Gasteiger partial charge on any atom is 0.325 e. The molecule has 0 spiro atoms. The molecule has 1 aliphatic heterocycles. The summed E-state index contributed by atoms with van der Waals surface area (Å²) in [6, 6.07) is 8.91. The lowest BCUT2D eigenvalue weighted by atomic mass is 10.1. The van der Waals surface area contributed by atoms with Gasteiger partial charge in [-0.1, -0.05) is 37.5 Å². The van der Waals surface area contributed by atoms with Gasteiger partial charge in [0.05, 0.1) is 0 Å². The van der Waals surface area contributed by atoms with E-state index in [9.17, 15) is 14.4 Å². The summed E-state index contributed by atoms with van der Waals surface area (Å²) in [6.45, 7) is 0.664. The Labute approximate surface area is 153 Å². The van der Waals surface area contributed by atoms with Crippen molar-refractivity contribution in [3.05, 3.63) is 30.3 Å². The molecule has 1 aromatic carbocycles. The summed E-state index contributed by atoms with van der Waals surface area (Å²) < 4.78 is 10.2. The molecule has 26 heavy (non-hydrogen) atoms. The van der Waals surface area contributed by atoms with E-state index in [2.05, 4.69) is 5.32 Å². The van der Waals surface area contributed by atoms with Crippen LogP contribution in [0.15, 0.2) is 30.3 Å². The molecule has 1 N–H and O–H groups in total. The van der Waals surface area contributed by atoms with Crippen LogP contribution in [0.25, 0.3) is 0 Å². The summed E-state index contributed by atoms with van der Waals surface area (Å²) in [5, 5.41) is 2.41. The van der Waals surface area contributed by atoms with E-state index in [1.54, 1.807) is 29.2 Å². The lowest BCUT2D eigenvalue weighted by Gasteiger charge is -2.24. The molecule has 0 aromatic heterocycles. The lowest BCUT2D eigenvalue weighted by Crippen LogP contribution is -2.38.